The number of hydrogen-bond acceptors (Lipinski definition) is 7. The van der Waals surface area contributed by atoms with E-state index in [-0.39, 0.29) is 16.9 Å². The Kier molecular flexibility index (Phi) is 7.38. The van der Waals surface area contributed by atoms with Crippen LogP contribution in [0.4, 0.5) is 11.4 Å². The lowest BCUT2D eigenvalue weighted by molar-refractivity contribution is -0.384. The molecule has 0 aromatic heterocycles. The minimum Gasteiger partial charge on any atom is -0.506 e. The fourth-order valence-corrected chi connectivity index (χ4v) is 3.22. The molecule has 0 atom stereocenters. The highest BCUT2D eigenvalue weighted by atomic mass is 127. The van der Waals surface area contributed by atoms with Gasteiger partial charge in [-0.1, -0.05) is 0 Å². The molecule has 0 aliphatic carbocycles. The fourth-order valence-electron chi connectivity index (χ4n) is 2.38. The predicted molar refractivity (Wildman–Crippen MR) is 114 cm³/mol. The number of non-ortho nitro benzene ring substituents is 1. The summed E-state index contributed by atoms with van der Waals surface area (Å²) in [6.45, 7) is 2.23. The van der Waals surface area contributed by atoms with Gasteiger partial charge in [-0.3, -0.25) is 14.9 Å². The van der Waals surface area contributed by atoms with Gasteiger partial charge in [0, 0.05) is 6.07 Å². The average molecular weight is 509 g/mol. The van der Waals surface area contributed by atoms with Gasteiger partial charge in [0.2, 0.25) is 0 Å². The number of amides is 1. The van der Waals surface area contributed by atoms with Crippen molar-refractivity contribution in [1.29, 1.82) is 5.26 Å². The number of phenols is 1. The van der Waals surface area contributed by atoms with E-state index in [1.54, 1.807) is 18.2 Å². The van der Waals surface area contributed by atoms with Crippen molar-refractivity contribution in [1.82, 2.24) is 0 Å². The Morgan fingerprint density at radius 1 is 1.41 bits per heavy atom. The summed E-state index contributed by atoms with van der Waals surface area (Å²) in [5, 5.41) is 32.3. The monoisotopic (exact) mass is 509 g/mol. The summed E-state index contributed by atoms with van der Waals surface area (Å²) in [6.07, 6.45) is 1.36. The van der Waals surface area contributed by atoms with Crippen LogP contribution in [0.5, 0.6) is 17.2 Å². The van der Waals surface area contributed by atoms with Crippen LogP contribution >= 0.6 is 22.6 Å². The molecule has 0 spiro atoms. The van der Waals surface area contributed by atoms with Crippen LogP contribution in [0, 0.1) is 25.0 Å². The smallest absolute Gasteiger partial charge is 0.273 e. The van der Waals surface area contributed by atoms with Gasteiger partial charge in [0.05, 0.1) is 34.0 Å². The van der Waals surface area contributed by atoms with E-state index < -0.39 is 16.6 Å². The van der Waals surface area contributed by atoms with Gasteiger partial charge in [-0.15, -0.1) is 0 Å². The van der Waals surface area contributed by atoms with Crippen molar-refractivity contribution < 1.29 is 24.3 Å². The maximum Gasteiger partial charge on any atom is 0.273 e. The number of rotatable bonds is 7. The minimum absolute atomic E-state index is 0.0546. The zero-order chi connectivity index (χ0) is 21.6. The number of benzene rings is 2. The number of ether oxygens (including phenoxy) is 2. The van der Waals surface area contributed by atoms with Crippen LogP contribution in [-0.2, 0) is 4.79 Å². The van der Waals surface area contributed by atoms with Gasteiger partial charge in [-0.2, -0.15) is 5.26 Å². The minimum atomic E-state index is -0.777. The number of hydrogen-bond donors (Lipinski definition) is 2. The van der Waals surface area contributed by atoms with E-state index >= 15 is 0 Å². The summed E-state index contributed by atoms with van der Waals surface area (Å²) in [4.78, 5) is 22.5. The molecule has 9 nitrogen and oxygen atoms in total. The van der Waals surface area contributed by atoms with E-state index in [0.29, 0.717) is 23.7 Å². The molecule has 0 saturated carbocycles. The average Bonchev–Trinajstić information content (AvgIpc) is 2.67. The molecule has 2 aromatic carbocycles. The molecule has 0 radical (unpaired) electrons. The lowest BCUT2D eigenvalue weighted by Gasteiger charge is -2.12. The van der Waals surface area contributed by atoms with Crippen LogP contribution in [0.2, 0.25) is 0 Å². The zero-order valence-corrected chi connectivity index (χ0v) is 17.6. The third-order valence-corrected chi connectivity index (χ3v) is 4.45. The second kappa shape index (κ2) is 9.74. The summed E-state index contributed by atoms with van der Waals surface area (Å²) in [5.41, 5.74) is -0.0710. The first-order valence-electron chi connectivity index (χ1n) is 8.21. The Balaban J connectivity index is 2.33. The van der Waals surface area contributed by atoms with Crippen molar-refractivity contribution in [2.45, 2.75) is 6.92 Å². The Labute approximate surface area is 179 Å². The topological polar surface area (TPSA) is 135 Å². The number of nitrogens with one attached hydrogen (secondary N) is 1. The van der Waals surface area contributed by atoms with Gasteiger partial charge < -0.3 is 19.9 Å². The Morgan fingerprint density at radius 3 is 2.69 bits per heavy atom. The molecule has 2 N–H and O–H groups in total. The molecule has 0 heterocycles. The summed E-state index contributed by atoms with van der Waals surface area (Å²) >= 11 is 2.05. The number of carbonyl (C=O) groups is 1. The van der Waals surface area contributed by atoms with Gasteiger partial charge in [-0.25, -0.2) is 0 Å². The standard InChI is InChI=1S/C19H16IN3O6/c1-3-29-17-8-11(7-14(20)18(17)28-2)6-12(10-21)19(25)22-15-5-4-13(23(26)27)9-16(15)24/h4-9,24H,3H2,1-2H3,(H,22,25)/b12-6-. The molecule has 29 heavy (non-hydrogen) atoms. The Bertz CT molecular complexity index is 1030. The van der Waals surface area contributed by atoms with E-state index in [0.717, 1.165) is 15.7 Å². The van der Waals surface area contributed by atoms with Crippen molar-refractivity contribution in [3.05, 3.63) is 55.2 Å². The van der Waals surface area contributed by atoms with Gasteiger partial charge in [-0.05, 0) is 59.4 Å². The molecule has 0 aliphatic rings. The molecule has 0 bridgehead atoms. The Hall–Kier alpha value is -3.33. The number of nitriles is 1. The first-order valence-corrected chi connectivity index (χ1v) is 9.29. The van der Waals surface area contributed by atoms with Crippen molar-refractivity contribution >= 4 is 45.9 Å². The molecule has 10 heteroatoms. The normalized spacial score (nSPS) is 10.8. The zero-order valence-electron chi connectivity index (χ0n) is 15.4. The van der Waals surface area contributed by atoms with Crippen LogP contribution < -0.4 is 14.8 Å². The lowest BCUT2D eigenvalue weighted by atomic mass is 10.1. The van der Waals surface area contributed by atoms with Crippen molar-refractivity contribution in [2.24, 2.45) is 0 Å². The van der Waals surface area contributed by atoms with Crippen LogP contribution in [-0.4, -0.2) is 29.7 Å². The van der Waals surface area contributed by atoms with Crippen molar-refractivity contribution in [3.63, 3.8) is 0 Å². The van der Waals surface area contributed by atoms with E-state index in [2.05, 4.69) is 27.9 Å². The second-order valence-corrected chi connectivity index (χ2v) is 6.71. The SMILES string of the molecule is CCOc1cc(/C=C(/C#N)C(=O)Nc2ccc([N+](=O)[O-])cc2O)cc(I)c1OC. The maximum absolute atomic E-state index is 12.4. The quantitative estimate of drug-likeness (QED) is 0.145. The van der Waals surface area contributed by atoms with Crippen molar-refractivity contribution in [2.75, 3.05) is 19.0 Å². The van der Waals surface area contributed by atoms with Gasteiger partial charge in [0.15, 0.2) is 11.5 Å². The summed E-state index contributed by atoms with van der Waals surface area (Å²) in [7, 11) is 1.51. The van der Waals surface area contributed by atoms with Crippen LogP contribution in [0.25, 0.3) is 6.08 Å². The number of nitrogens with zero attached hydrogens (tertiary/aromatic N) is 2. The molecule has 2 rings (SSSR count). The highest BCUT2D eigenvalue weighted by molar-refractivity contribution is 14.1. The van der Waals surface area contributed by atoms with E-state index in [9.17, 15) is 25.3 Å². The van der Waals surface area contributed by atoms with Crippen LogP contribution in [0.15, 0.2) is 35.9 Å². The molecular formula is C19H16IN3O6. The number of aromatic hydroxyl groups is 1. The van der Waals surface area contributed by atoms with Gasteiger partial charge >= 0.3 is 0 Å². The number of nitro groups is 1. The van der Waals surface area contributed by atoms with E-state index in [1.165, 1.54) is 19.3 Å². The predicted octanol–water partition coefficient (Wildman–Crippen LogP) is 3.86. The molecular weight excluding hydrogens is 493 g/mol. The molecule has 0 aliphatic heterocycles. The maximum atomic E-state index is 12.4. The van der Waals surface area contributed by atoms with Crippen molar-refractivity contribution in [3.8, 4) is 23.3 Å². The molecule has 2 aromatic rings. The van der Waals surface area contributed by atoms with E-state index in [1.807, 2.05) is 6.92 Å². The van der Waals surface area contributed by atoms with Gasteiger partial charge in [0.1, 0.15) is 17.4 Å². The number of anilines is 1. The summed E-state index contributed by atoms with van der Waals surface area (Å²) in [6, 6.07) is 8.38. The molecule has 0 saturated heterocycles. The number of nitro benzene ring substituents is 1. The third kappa shape index (κ3) is 5.35. The summed E-state index contributed by atoms with van der Waals surface area (Å²) < 4.78 is 11.6. The van der Waals surface area contributed by atoms with Crippen LogP contribution in [0.1, 0.15) is 12.5 Å². The summed E-state index contributed by atoms with van der Waals surface area (Å²) in [5.74, 6) is -0.245. The number of methoxy groups -OCH3 is 1. The fraction of sp³-hybridized carbons (Fsp3) is 0.158. The number of halogens is 1. The second-order valence-electron chi connectivity index (χ2n) is 5.55. The highest BCUT2D eigenvalue weighted by Gasteiger charge is 2.16. The molecule has 1 amide bonds. The molecule has 0 unspecified atom stereocenters. The number of carbonyl (C=O) groups excluding carboxylic acids is 1. The van der Waals surface area contributed by atoms with E-state index in [4.69, 9.17) is 9.47 Å². The lowest BCUT2D eigenvalue weighted by Crippen LogP contribution is -2.13. The molecule has 0 fully saturated rings. The highest BCUT2D eigenvalue weighted by Crippen LogP contribution is 2.34. The largest absolute Gasteiger partial charge is 0.506 e. The first-order chi connectivity index (χ1) is 13.8. The third-order valence-electron chi connectivity index (χ3n) is 3.65. The van der Waals surface area contributed by atoms with Crippen LogP contribution in [0.3, 0.4) is 0 Å². The molecule has 150 valence electrons. The first kappa shape index (κ1) is 22.0. The van der Waals surface area contributed by atoms with Gasteiger partial charge in [0.25, 0.3) is 11.6 Å². The Morgan fingerprint density at radius 2 is 2.14 bits per heavy atom. The number of phenolic OH excluding ortho intramolecular Hbond substituents is 1.